The minimum Gasteiger partial charge on any atom is -0.440 e. The molecule has 0 saturated carbocycles. The smallest absolute Gasteiger partial charge is 0.258 e. The molecule has 2 heterocycles. The zero-order valence-corrected chi connectivity index (χ0v) is 11.4. The Kier molecular flexibility index (Phi) is 3.34. The minimum atomic E-state index is -0.266. The predicted octanol–water partition coefficient (Wildman–Crippen LogP) is 1.66. The van der Waals surface area contributed by atoms with Crippen molar-refractivity contribution in [3.63, 3.8) is 0 Å². The molecule has 19 heavy (non-hydrogen) atoms. The number of ether oxygens (including phenoxy) is 1. The van der Waals surface area contributed by atoms with Crippen LogP contribution in [0.1, 0.15) is 36.9 Å². The molecule has 0 saturated heterocycles. The topological polar surface area (TPSA) is 81.0 Å². The van der Waals surface area contributed by atoms with Crippen molar-refractivity contribution in [2.24, 2.45) is 12.8 Å². The SMILES string of the molecule is CCC[C@H]1C(C#N)=C(N)Oc2cc(C)n(C)c(=O)c21. The van der Waals surface area contributed by atoms with Crippen LogP contribution in [0.15, 0.2) is 22.3 Å². The van der Waals surface area contributed by atoms with Crippen molar-refractivity contribution >= 4 is 0 Å². The summed E-state index contributed by atoms with van der Waals surface area (Å²) in [6.45, 7) is 3.85. The molecule has 1 atom stereocenters. The number of nitriles is 1. The number of nitrogens with zero attached hydrogens (tertiary/aromatic N) is 2. The largest absolute Gasteiger partial charge is 0.440 e. The standard InChI is InChI=1S/C14H17N3O2/c1-4-5-9-10(7-15)13(16)19-11-6-8(2)17(3)14(18)12(9)11/h6,9H,4-5,16H2,1-3H3/t9-/m0/s1. The fourth-order valence-corrected chi connectivity index (χ4v) is 2.42. The number of fused-ring (bicyclic) bond motifs is 1. The molecule has 100 valence electrons. The van der Waals surface area contributed by atoms with Crippen molar-refractivity contribution in [3.05, 3.63) is 39.1 Å². The van der Waals surface area contributed by atoms with Gasteiger partial charge in [-0.3, -0.25) is 4.79 Å². The normalized spacial score (nSPS) is 17.7. The first-order chi connectivity index (χ1) is 9.01. The molecule has 1 aliphatic rings. The van der Waals surface area contributed by atoms with Gasteiger partial charge in [-0.15, -0.1) is 0 Å². The summed E-state index contributed by atoms with van der Waals surface area (Å²) in [5, 5.41) is 9.22. The van der Waals surface area contributed by atoms with E-state index in [1.807, 2.05) is 13.8 Å². The number of hydrogen-bond donors (Lipinski definition) is 1. The third kappa shape index (κ3) is 1.99. The first-order valence-electron chi connectivity index (χ1n) is 6.29. The van der Waals surface area contributed by atoms with Crippen LogP contribution in [0.2, 0.25) is 0 Å². The maximum absolute atomic E-state index is 12.4. The molecule has 0 unspecified atom stereocenters. The van der Waals surface area contributed by atoms with Gasteiger partial charge < -0.3 is 15.0 Å². The van der Waals surface area contributed by atoms with Crippen molar-refractivity contribution in [1.29, 1.82) is 5.26 Å². The molecule has 5 nitrogen and oxygen atoms in total. The fourth-order valence-electron chi connectivity index (χ4n) is 2.42. The van der Waals surface area contributed by atoms with E-state index in [-0.39, 0.29) is 17.4 Å². The van der Waals surface area contributed by atoms with Gasteiger partial charge in [-0.05, 0) is 13.3 Å². The average molecular weight is 259 g/mol. The van der Waals surface area contributed by atoms with E-state index in [0.717, 1.165) is 12.1 Å². The molecule has 2 N–H and O–H groups in total. The van der Waals surface area contributed by atoms with Gasteiger partial charge in [-0.2, -0.15) is 5.26 Å². The zero-order valence-electron chi connectivity index (χ0n) is 11.4. The second-order valence-corrected chi connectivity index (χ2v) is 4.76. The Hall–Kier alpha value is -2.22. The lowest BCUT2D eigenvalue weighted by Crippen LogP contribution is -2.31. The summed E-state index contributed by atoms with van der Waals surface area (Å²) in [7, 11) is 1.72. The third-order valence-electron chi connectivity index (χ3n) is 3.55. The molecule has 5 heteroatoms. The second kappa shape index (κ2) is 4.81. The molecular weight excluding hydrogens is 242 g/mol. The highest BCUT2D eigenvalue weighted by Crippen LogP contribution is 2.38. The van der Waals surface area contributed by atoms with Crippen LogP contribution in [-0.2, 0) is 7.05 Å². The molecule has 2 rings (SSSR count). The Morgan fingerprint density at radius 3 is 2.84 bits per heavy atom. The van der Waals surface area contributed by atoms with E-state index >= 15 is 0 Å². The quantitative estimate of drug-likeness (QED) is 0.875. The highest BCUT2D eigenvalue weighted by Gasteiger charge is 2.31. The summed E-state index contributed by atoms with van der Waals surface area (Å²) in [6, 6.07) is 3.86. The highest BCUT2D eigenvalue weighted by atomic mass is 16.5. The molecule has 0 radical (unpaired) electrons. The van der Waals surface area contributed by atoms with E-state index in [0.29, 0.717) is 23.3 Å². The third-order valence-corrected chi connectivity index (χ3v) is 3.55. The van der Waals surface area contributed by atoms with Crippen LogP contribution in [0, 0.1) is 18.3 Å². The summed E-state index contributed by atoms with van der Waals surface area (Å²) < 4.78 is 7.02. The lowest BCUT2D eigenvalue weighted by atomic mass is 9.86. The number of rotatable bonds is 2. The number of aryl methyl sites for hydroxylation is 1. The van der Waals surface area contributed by atoms with Gasteiger partial charge in [0.15, 0.2) is 0 Å². The van der Waals surface area contributed by atoms with Crippen LogP contribution < -0.4 is 16.0 Å². The first-order valence-corrected chi connectivity index (χ1v) is 6.29. The summed E-state index contributed by atoms with van der Waals surface area (Å²) in [4.78, 5) is 12.4. The monoisotopic (exact) mass is 259 g/mol. The molecule has 1 aromatic rings. The Bertz CT molecular complexity index is 650. The fraction of sp³-hybridized carbons (Fsp3) is 0.429. The molecule has 0 aliphatic carbocycles. The first kappa shape index (κ1) is 13.2. The van der Waals surface area contributed by atoms with Crippen molar-refractivity contribution in [1.82, 2.24) is 4.57 Å². The number of hydrogen-bond acceptors (Lipinski definition) is 4. The van der Waals surface area contributed by atoms with Crippen molar-refractivity contribution in [3.8, 4) is 11.8 Å². The van der Waals surface area contributed by atoms with Crippen LogP contribution in [0.25, 0.3) is 0 Å². The molecule has 1 aliphatic heterocycles. The van der Waals surface area contributed by atoms with Gasteiger partial charge in [0.2, 0.25) is 5.88 Å². The number of aromatic nitrogens is 1. The van der Waals surface area contributed by atoms with Gasteiger partial charge in [-0.1, -0.05) is 13.3 Å². The van der Waals surface area contributed by atoms with E-state index in [1.54, 1.807) is 17.7 Å². The molecule has 0 bridgehead atoms. The summed E-state index contributed by atoms with van der Waals surface area (Å²) >= 11 is 0. The number of pyridine rings is 1. The highest BCUT2D eigenvalue weighted by molar-refractivity contribution is 5.49. The second-order valence-electron chi connectivity index (χ2n) is 4.76. The van der Waals surface area contributed by atoms with Crippen LogP contribution in [-0.4, -0.2) is 4.57 Å². The van der Waals surface area contributed by atoms with Gasteiger partial charge in [-0.25, -0.2) is 0 Å². The average Bonchev–Trinajstić information content (AvgIpc) is 2.36. The maximum Gasteiger partial charge on any atom is 0.258 e. The van der Waals surface area contributed by atoms with Crippen molar-refractivity contribution in [2.45, 2.75) is 32.6 Å². The molecule has 1 aromatic heterocycles. The van der Waals surface area contributed by atoms with Gasteiger partial charge in [0.05, 0.1) is 11.1 Å². The van der Waals surface area contributed by atoms with Crippen LogP contribution in [0.5, 0.6) is 5.75 Å². The Morgan fingerprint density at radius 1 is 1.58 bits per heavy atom. The lowest BCUT2D eigenvalue weighted by molar-refractivity contribution is 0.380. The van der Waals surface area contributed by atoms with Crippen LogP contribution >= 0.6 is 0 Å². The van der Waals surface area contributed by atoms with Crippen LogP contribution in [0.4, 0.5) is 0 Å². The van der Waals surface area contributed by atoms with Gasteiger partial charge >= 0.3 is 0 Å². The summed E-state index contributed by atoms with van der Waals surface area (Å²) in [5.74, 6) is 0.328. The van der Waals surface area contributed by atoms with Gasteiger partial charge in [0, 0.05) is 24.7 Å². The van der Waals surface area contributed by atoms with E-state index in [4.69, 9.17) is 10.5 Å². The molecule has 0 spiro atoms. The summed E-state index contributed by atoms with van der Waals surface area (Å²) in [5.41, 5.74) is 7.37. The molecular formula is C14H17N3O2. The van der Waals surface area contributed by atoms with Gasteiger partial charge in [0.1, 0.15) is 11.8 Å². The Morgan fingerprint density at radius 2 is 2.26 bits per heavy atom. The number of allylic oxidation sites excluding steroid dienone is 1. The molecule has 0 aromatic carbocycles. The van der Waals surface area contributed by atoms with Gasteiger partial charge in [0.25, 0.3) is 5.56 Å². The molecule has 0 fully saturated rings. The Balaban J connectivity index is 2.71. The van der Waals surface area contributed by atoms with Crippen LogP contribution in [0.3, 0.4) is 0 Å². The zero-order chi connectivity index (χ0) is 14.2. The predicted molar refractivity (Wildman–Crippen MR) is 71.5 cm³/mol. The number of nitrogens with two attached hydrogens (primary N) is 1. The van der Waals surface area contributed by atoms with E-state index in [1.165, 1.54) is 0 Å². The lowest BCUT2D eigenvalue weighted by Gasteiger charge is -2.26. The van der Waals surface area contributed by atoms with E-state index in [2.05, 4.69) is 6.07 Å². The molecule has 0 amide bonds. The Labute approximate surface area is 111 Å². The van der Waals surface area contributed by atoms with E-state index in [9.17, 15) is 10.1 Å². The minimum absolute atomic E-state index is 0.112. The van der Waals surface area contributed by atoms with E-state index < -0.39 is 0 Å². The van der Waals surface area contributed by atoms with Crippen molar-refractivity contribution < 1.29 is 4.74 Å². The van der Waals surface area contributed by atoms with Crippen molar-refractivity contribution in [2.75, 3.05) is 0 Å². The maximum atomic E-state index is 12.4. The summed E-state index contributed by atoms with van der Waals surface area (Å²) in [6.07, 6.45) is 1.57.